The number of hydrogen-bond donors (Lipinski definition) is 1. The van der Waals surface area contributed by atoms with E-state index >= 15 is 0 Å². The number of piperazine rings is 1. The third-order valence-corrected chi connectivity index (χ3v) is 5.31. The molecule has 1 N–H and O–H groups in total. The second kappa shape index (κ2) is 11.3. The van der Waals surface area contributed by atoms with Crippen LogP contribution < -0.4 is 10.2 Å². The fourth-order valence-corrected chi connectivity index (χ4v) is 3.74. The van der Waals surface area contributed by atoms with E-state index in [1.165, 1.54) is 12.1 Å². The second-order valence-electron chi connectivity index (χ2n) is 7.33. The molecule has 0 radical (unpaired) electrons. The van der Waals surface area contributed by atoms with Crippen LogP contribution >= 0.6 is 24.0 Å². The summed E-state index contributed by atoms with van der Waals surface area (Å²) in [7, 11) is 0. The van der Waals surface area contributed by atoms with Crippen LogP contribution in [0.4, 0.5) is 10.1 Å². The Bertz CT molecular complexity index is 981. The van der Waals surface area contributed by atoms with Crippen LogP contribution in [0.2, 0.25) is 0 Å². The largest absolute Gasteiger partial charge is 0.368 e. The fourth-order valence-electron chi connectivity index (χ4n) is 3.74. The molecule has 1 fully saturated rings. The Kier molecular flexibility index (Phi) is 8.44. The van der Waals surface area contributed by atoms with Gasteiger partial charge in [-0.1, -0.05) is 6.07 Å². The molecule has 7 nitrogen and oxygen atoms in total. The zero-order valence-corrected chi connectivity index (χ0v) is 20.1. The molecule has 0 saturated carbocycles. The lowest BCUT2D eigenvalue weighted by atomic mass is 10.2. The zero-order chi connectivity index (χ0) is 20.8. The maximum absolute atomic E-state index is 13.2. The summed E-state index contributed by atoms with van der Waals surface area (Å²) >= 11 is 0. The zero-order valence-electron chi connectivity index (χ0n) is 17.7. The third kappa shape index (κ3) is 5.84. The van der Waals surface area contributed by atoms with Crippen molar-refractivity contribution in [2.45, 2.75) is 19.8 Å². The normalized spacial score (nSPS) is 14.6. The highest BCUT2D eigenvalue weighted by Crippen LogP contribution is 2.17. The number of aromatic nitrogens is 3. The van der Waals surface area contributed by atoms with Crippen LogP contribution in [0.15, 0.2) is 53.7 Å². The van der Waals surface area contributed by atoms with E-state index in [4.69, 9.17) is 4.99 Å². The lowest BCUT2D eigenvalue weighted by Crippen LogP contribution is -2.52. The summed E-state index contributed by atoms with van der Waals surface area (Å²) in [6, 6.07) is 12.7. The summed E-state index contributed by atoms with van der Waals surface area (Å²) in [4.78, 5) is 9.42. The van der Waals surface area contributed by atoms with Gasteiger partial charge >= 0.3 is 0 Å². The summed E-state index contributed by atoms with van der Waals surface area (Å²) in [5.41, 5.74) is 1.95. The smallest absolute Gasteiger partial charge is 0.194 e. The van der Waals surface area contributed by atoms with Gasteiger partial charge in [-0.25, -0.2) is 4.39 Å². The van der Waals surface area contributed by atoms with Gasteiger partial charge in [-0.3, -0.25) is 9.39 Å². The van der Waals surface area contributed by atoms with Gasteiger partial charge in [0.15, 0.2) is 11.6 Å². The molecular formula is C22H29FIN7. The van der Waals surface area contributed by atoms with Crippen LogP contribution in [0, 0.1) is 5.82 Å². The van der Waals surface area contributed by atoms with E-state index in [-0.39, 0.29) is 29.8 Å². The third-order valence-electron chi connectivity index (χ3n) is 5.31. The van der Waals surface area contributed by atoms with Gasteiger partial charge < -0.3 is 15.1 Å². The van der Waals surface area contributed by atoms with Crippen molar-refractivity contribution in [1.82, 2.24) is 24.8 Å². The number of benzene rings is 1. The highest BCUT2D eigenvalue weighted by atomic mass is 127. The Morgan fingerprint density at radius 2 is 1.84 bits per heavy atom. The van der Waals surface area contributed by atoms with Crippen LogP contribution in [-0.2, 0) is 6.42 Å². The van der Waals surface area contributed by atoms with Gasteiger partial charge in [0.2, 0.25) is 0 Å². The van der Waals surface area contributed by atoms with Crippen LogP contribution in [0.25, 0.3) is 5.65 Å². The van der Waals surface area contributed by atoms with E-state index in [0.717, 1.165) is 75.2 Å². The minimum Gasteiger partial charge on any atom is -0.368 e. The number of pyridine rings is 1. The Morgan fingerprint density at radius 1 is 1.06 bits per heavy atom. The summed E-state index contributed by atoms with van der Waals surface area (Å²) in [5, 5.41) is 11.9. The number of aliphatic imine (C=N–C) groups is 1. The Hall–Kier alpha value is -2.43. The first-order chi connectivity index (χ1) is 14.7. The molecule has 0 spiro atoms. The highest BCUT2D eigenvalue weighted by Gasteiger charge is 2.19. The van der Waals surface area contributed by atoms with Gasteiger partial charge in [-0.05, 0) is 49.7 Å². The molecule has 3 heterocycles. The Morgan fingerprint density at radius 3 is 2.58 bits per heavy atom. The number of anilines is 1. The minimum atomic E-state index is -0.196. The number of aryl methyl sites for hydroxylation is 1. The summed E-state index contributed by atoms with van der Waals surface area (Å²) in [6.45, 7) is 7.22. The number of rotatable bonds is 6. The van der Waals surface area contributed by atoms with Crippen molar-refractivity contribution in [3.8, 4) is 0 Å². The lowest BCUT2D eigenvalue weighted by molar-refractivity contribution is 0.372. The SMILES string of the molecule is CCNC(=NCCCc1nnc2ccccn12)N1CCN(c2ccc(F)cc2)CC1.I. The Balaban J connectivity index is 0.00000272. The molecule has 0 aliphatic carbocycles. The van der Waals surface area contributed by atoms with E-state index in [1.807, 2.05) is 40.9 Å². The molecular weight excluding hydrogens is 508 g/mol. The van der Waals surface area contributed by atoms with Crippen LogP contribution in [0.1, 0.15) is 19.2 Å². The standard InChI is InChI=1S/C22H28FN7.HI/c1-2-24-22(25-12-5-7-21-27-26-20-6-3-4-13-30(20)21)29-16-14-28(15-17-29)19-10-8-18(23)9-11-19;/h3-4,6,8-11,13H,2,5,7,12,14-17H2,1H3,(H,24,25);1H. The minimum absolute atomic E-state index is 0. The van der Waals surface area contributed by atoms with E-state index in [9.17, 15) is 4.39 Å². The number of nitrogens with zero attached hydrogens (tertiary/aromatic N) is 6. The van der Waals surface area contributed by atoms with Gasteiger partial charge in [0.05, 0.1) is 0 Å². The van der Waals surface area contributed by atoms with Gasteiger partial charge in [0.25, 0.3) is 0 Å². The predicted molar refractivity (Wildman–Crippen MR) is 133 cm³/mol. The van der Waals surface area contributed by atoms with Crippen molar-refractivity contribution in [1.29, 1.82) is 0 Å². The van der Waals surface area contributed by atoms with E-state index in [2.05, 4.69) is 32.2 Å². The average molecular weight is 537 g/mol. The van der Waals surface area contributed by atoms with Crippen LogP contribution in [-0.4, -0.2) is 64.7 Å². The monoisotopic (exact) mass is 537 g/mol. The maximum atomic E-state index is 13.2. The average Bonchev–Trinajstić information content (AvgIpc) is 3.20. The van der Waals surface area contributed by atoms with Gasteiger partial charge in [-0.15, -0.1) is 34.2 Å². The molecule has 0 bridgehead atoms. The molecule has 2 aromatic heterocycles. The summed E-state index contributed by atoms with van der Waals surface area (Å²) in [6.07, 6.45) is 3.76. The van der Waals surface area contributed by atoms with Crippen LogP contribution in [0.5, 0.6) is 0 Å². The first-order valence-electron chi connectivity index (χ1n) is 10.6. The van der Waals surface area contributed by atoms with Crippen molar-refractivity contribution in [2.75, 3.05) is 44.2 Å². The first-order valence-corrected chi connectivity index (χ1v) is 10.6. The fraction of sp³-hybridized carbons (Fsp3) is 0.409. The summed E-state index contributed by atoms with van der Waals surface area (Å²) in [5.74, 6) is 1.74. The van der Waals surface area contributed by atoms with Crippen molar-refractivity contribution in [3.05, 3.63) is 60.3 Å². The topological polar surface area (TPSA) is 61.1 Å². The number of nitrogens with one attached hydrogen (secondary N) is 1. The molecule has 1 aromatic carbocycles. The molecule has 1 aliphatic rings. The number of hydrogen-bond acceptors (Lipinski definition) is 4. The van der Waals surface area contributed by atoms with Crippen LogP contribution in [0.3, 0.4) is 0 Å². The van der Waals surface area contributed by atoms with Gasteiger partial charge in [0, 0.05) is 57.6 Å². The number of fused-ring (bicyclic) bond motifs is 1. The number of guanidine groups is 1. The van der Waals surface area contributed by atoms with E-state index in [0.29, 0.717) is 0 Å². The molecule has 166 valence electrons. The molecule has 0 unspecified atom stereocenters. The summed E-state index contributed by atoms with van der Waals surface area (Å²) < 4.78 is 15.2. The van der Waals surface area contributed by atoms with Gasteiger partial charge in [0.1, 0.15) is 11.6 Å². The van der Waals surface area contributed by atoms with E-state index in [1.54, 1.807) is 0 Å². The number of halogens is 2. The van der Waals surface area contributed by atoms with E-state index < -0.39 is 0 Å². The van der Waals surface area contributed by atoms with Crippen molar-refractivity contribution in [3.63, 3.8) is 0 Å². The van der Waals surface area contributed by atoms with Crippen molar-refractivity contribution in [2.24, 2.45) is 4.99 Å². The molecule has 1 saturated heterocycles. The van der Waals surface area contributed by atoms with Gasteiger partial charge in [-0.2, -0.15) is 0 Å². The van der Waals surface area contributed by atoms with Crippen molar-refractivity contribution < 1.29 is 4.39 Å². The molecule has 31 heavy (non-hydrogen) atoms. The lowest BCUT2D eigenvalue weighted by Gasteiger charge is -2.37. The molecule has 0 atom stereocenters. The first kappa shape index (κ1) is 23.2. The molecule has 0 amide bonds. The molecule has 1 aliphatic heterocycles. The Labute approximate surface area is 199 Å². The highest BCUT2D eigenvalue weighted by molar-refractivity contribution is 14.0. The second-order valence-corrected chi connectivity index (χ2v) is 7.33. The molecule has 9 heteroatoms. The maximum Gasteiger partial charge on any atom is 0.194 e. The predicted octanol–water partition coefficient (Wildman–Crippen LogP) is 3.21. The van der Waals surface area contributed by atoms with Crippen molar-refractivity contribution >= 4 is 41.3 Å². The molecule has 3 aromatic rings. The quantitative estimate of drug-likeness (QED) is 0.227. The molecule has 4 rings (SSSR count).